The molecule has 9 heavy (non-hydrogen) atoms. The van der Waals surface area contributed by atoms with E-state index in [2.05, 4.69) is 0 Å². The monoisotopic (exact) mass is 152 g/mol. The Labute approximate surface area is 62.0 Å². The van der Waals surface area contributed by atoms with E-state index in [-0.39, 0.29) is 24.0 Å². The molecule has 0 aliphatic rings. The summed E-state index contributed by atoms with van der Waals surface area (Å²) in [5.41, 5.74) is 0. The smallest absolute Gasteiger partial charge is 0.126 e. The second kappa shape index (κ2) is 10.6. The van der Waals surface area contributed by atoms with E-state index < -0.39 is 0 Å². The molecule has 0 bridgehead atoms. The summed E-state index contributed by atoms with van der Waals surface area (Å²) in [5, 5.41) is 0. The Bertz CT molecular complexity index is 69.1. The molecule has 0 amide bonds. The fourth-order valence-electron chi connectivity index (χ4n) is 0. The number of carbonyl (C=O) groups is 2. The Morgan fingerprint density at radius 3 is 0.778 bits per heavy atom. The molecule has 56 valence electrons. The van der Waals surface area contributed by atoms with E-state index in [1.165, 1.54) is 27.7 Å². The Balaban J connectivity index is -0.0000000720. The summed E-state index contributed by atoms with van der Waals surface area (Å²) in [5.74, 6) is 0.333. The van der Waals surface area contributed by atoms with E-state index in [0.29, 0.717) is 0 Å². The molecule has 0 saturated heterocycles. The van der Waals surface area contributed by atoms with Gasteiger partial charge in [-0.05, 0) is 27.7 Å². The number of halogens is 1. The van der Waals surface area contributed by atoms with Crippen LogP contribution in [0.2, 0.25) is 0 Å². The lowest BCUT2D eigenvalue weighted by Gasteiger charge is -1.56. The van der Waals surface area contributed by atoms with Gasteiger partial charge in [0.25, 0.3) is 0 Å². The highest BCUT2D eigenvalue weighted by atomic mass is 35.5. The van der Waals surface area contributed by atoms with Crippen molar-refractivity contribution in [1.82, 2.24) is 0 Å². The van der Waals surface area contributed by atoms with Gasteiger partial charge in [-0.2, -0.15) is 0 Å². The molecule has 0 aliphatic heterocycles. The Hall–Kier alpha value is -0.370. The molecule has 0 heterocycles. The van der Waals surface area contributed by atoms with E-state index in [9.17, 15) is 9.59 Å². The van der Waals surface area contributed by atoms with Gasteiger partial charge in [-0.3, -0.25) is 0 Å². The van der Waals surface area contributed by atoms with Crippen LogP contribution in [0.3, 0.4) is 0 Å². The van der Waals surface area contributed by atoms with Crippen LogP contribution >= 0.6 is 12.4 Å². The van der Waals surface area contributed by atoms with E-state index in [0.717, 1.165) is 0 Å². The summed E-state index contributed by atoms with van der Waals surface area (Å²) in [7, 11) is 0. The fourth-order valence-corrected chi connectivity index (χ4v) is 0. The third kappa shape index (κ3) is 1770. The standard InChI is InChI=1S/2C3H6O.ClH/c2*1-3(2)4;/h2*1-2H3;1H. The highest BCUT2D eigenvalue weighted by Crippen LogP contribution is 1.50. The van der Waals surface area contributed by atoms with Crippen molar-refractivity contribution in [2.45, 2.75) is 27.7 Å². The average Bonchev–Trinajstić information content (AvgIpc) is 1.25. The number of Topliss-reactive ketones (excluding diaryl/α,β-unsaturated/α-hetero) is 2. The third-order valence-corrected chi connectivity index (χ3v) is 0. The lowest BCUT2D eigenvalue weighted by atomic mass is 10.6. The SMILES string of the molecule is CC(C)=O.CC(C)=O.Cl. The molecular weight excluding hydrogens is 140 g/mol. The van der Waals surface area contributed by atoms with Crippen molar-refractivity contribution in [2.75, 3.05) is 0 Å². The molecule has 3 heteroatoms. The van der Waals surface area contributed by atoms with Gasteiger partial charge in [0.2, 0.25) is 0 Å². The van der Waals surface area contributed by atoms with E-state index in [1.54, 1.807) is 0 Å². The maximum absolute atomic E-state index is 9.44. The van der Waals surface area contributed by atoms with Crippen LogP contribution in [-0.4, -0.2) is 11.6 Å². The predicted molar refractivity (Wildman–Crippen MR) is 40.0 cm³/mol. The van der Waals surface area contributed by atoms with E-state index >= 15 is 0 Å². The molecule has 0 fully saturated rings. The van der Waals surface area contributed by atoms with Crippen molar-refractivity contribution in [3.63, 3.8) is 0 Å². The topological polar surface area (TPSA) is 34.1 Å². The first-order chi connectivity index (χ1) is 3.46. The summed E-state index contributed by atoms with van der Waals surface area (Å²) >= 11 is 0. The quantitative estimate of drug-likeness (QED) is 0.529. The number of ketones is 2. The molecule has 0 atom stereocenters. The van der Waals surface area contributed by atoms with Gasteiger partial charge in [-0.1, -0.05) is 0 Å². The van der Waals surface area contributed by atoms with Gasteiger partial charge < -0.3 is 9.59 Å². The van der Waals surface area contributed by atoms with Crippen LogP contribution in [0.1, 0.15) is 27.7 Å². The highest BCUT2D eigenvalue weighted by molar-refractivity contribution is 5.85. The minimum Gasteiger partial charge on any atom is -0.300 e. The minimum atomic E-state index is 0. The fraction of sp³-hybridized carbons (Fsp3) is 0.667. The second-order valence-corrected chi connectivity index (χ2v) is 1.82. The van der Waals surface area contributed by atoms with Gasteiger partial charge >= 0.3 is 0 Å². The zero-order valence-corrected chi connectivity index (χ0v) is 7.04. The predicted octanol–water partition coefficient (Wildman–Crippen LogP) is 1.61. The van der Waals surface area contributed by atoms with Crippen LogP contribution in [0.5, 0.6) is 0 Å². The molecule has 0 N–H and O–H groups in total. The normalized spacial score (nSPS) is 5.78. The van der Waals surface area contributed by atoms with Crippen LogP contribution in [0.25, 0.3) is 0 Å². The van der Waals surface area contributed by atoms with Crippen LogP contribution in [0.15, 0.2) is 0 Å². The molecule has 0 rings (SSSR count). The molecule has 0 unspecified atom stereocenters. The van der Waals surface area contributed by atoms with Gasteiger partial charge in [0, 0.05) is 0 Å². The van der Waals surface area contributed by atoms with Crippen LogP contribution in [0, 0.1) is 0 Å². The molecule has 0 aromatic rings. The summed E-state index contributed by atoms with van der Waals surface area (Å²) in [4.78, 5) is 18.9. The van der Waals surface area contributed by atoms with E-state index in [1.807, 2.05) is 0 Å². The first-order valence-electron chi connectivity index (χ1n) is 2.41. The van der Waals surface area contributed by atoms with Gasteiger partial charge in [0.05, 0.1) is 0 Å². The maximum Gasteiger partial charge on any atom is 0.126 e. The summed E-state index contributed by atoms with van der Waals surface area (Å²) < 4.78 is 0. The first-order valence-corrected chi connectivity index (χ1v) is 2.41. The molecule has 0 saturated carbocycles. The van der Waals surface area contributed by atoms with Crippen molar-refractivity contribution >= 4 is 24.0 Å². The van der Waals surface area contributed by atoms with Crippen molar-refractivity contribution in [3.8, 4) is 0 Å². The summed E-state index contributed by atoms with van der Waals surface area (Å²) in [6, 6.07) is 0. The molecule has 2 nitrogen and oxygen atoms in total. The zero-order valence-electron chi connectivity index (χ0n) is 6.22. The number of rotatable bonds is 0. The highest BCUT2D eigenvalue weighted by Gasteiger charge is 1.62. The molecule has 0 spiro atoms. The maximum atomic E-state index is 9.44. The molecule has 0 radical (unpaired) electrons. The first kappa shape index (κ1) is 15.9. The van der Waals surface area contributed by atoms with Crippen molar-refractivity contribution in [2.24, 2.45) is 0 Å². The minimum absolute atomic E-state index is 0. The Morgan fingerprint density at radius 1 is 0.778 bits per heavy atom. The van der Waals surface area contributed by atoms with Gasteiger partial charge in [-0.25, -0.2) is 0 Å². The van der Waals surface area contributed by atoms with Crippen molar-refractivity contribution in [1.29, 1.82) is 0 Å². The Kier molecular flexibility index (Phi) is 18.6. The number of hydrogen-bond acceptors (Lipinski definition) is 2. The molecule has 0 aromatic carbocycles. The molecule has 0 aromatic heterocycles. The second-order valence-electron chi connectivity index (χ2n) is 1.82. The van der Waals surface area contributed by atoms with E-state index in [4.69, 9.17) is 0 Å². The lowest BCUT2D eigenvalue weighted by molar-refractivity contribution is -0.115. The Morgan fingerprint density at radius 2 is 0.778 bits per heavy atom. The van der Waals surface area contributed by atoms with Crippen molar-refractivity contribution in [3.05, 3.63) is 0 Å². The summed E-state index contributed by atoms with van der Waals surface area (Å²) in [6.45, 7) is 6.11. The van der Waals surface area contributed by atoms with Gasteiger partial charge in [0.1, 0.15) is 11.6 Å². The molecule has 0 aliphatic carbocycles. The van der Waals surface area contributed by atoms with Gasteiger partial charge in [0.15, 0.2) is 0 Å². The summed E-state index contributed by atoms with van der Waals surface area (Å²) in [6.07, 6.45) is 0. The van der Waals surface area contributed by atoms with Crippen LogP contribution in [-0.2, 0) is 9.59 Å². The van der Waals surface area contributed by atoms with Crippen molar-refractivity contribution < 1.29 is 9.59 Å². The number of hydrogen-bond donors (Lipinski definition) is 0. The lowest BCUT2D eigenvalue weighted by Crippen LogP contribution is -1.69. The third-order valence-electron chi connectivity index (χ3n) is 0. The average molecular weight is 153 g/mol. The number of carbonyl (C=O) groups excluding carboxylic acids is 2. The molecular formula is C6H13ClO2. The zero-order chi connectivity index (χ0) is 7.15. The van der Waals surface area contributed by atoms with Crippen LogP contribution < -0.4 is 0 Å². The van der Waals surface area contributed by atoms with Gasteiger partial charge in [-0.15, -0.1) is 12.4 Å². The van der Waals surface area contributed by atoms with Crippen LogP contribution in [0.4, 0.5) is 0 Å². The largest absolute Gasteiger partial charge is 0.300 e.